The number of hydrogen-bond donors (Lipinski definition) is 1. The summed E-state index contributed by atoms with van der Waals surface area (Å²) in [6, 6.07) is 12.9. The third kappa shape index (κ3) is 4.71. The zero-order valence-electron chi connectivity index (χ0n) is 10.3. The van der Waals surface area contributed by atoms with E-state index in [1.165, 1.54) is 11.6 Å². The minimum absolute atomic E-state index is 0.172. The maximum Gasteiger partial charge on any atom is 0.123 e. The highest BCUT2D eigenvalue weighted by Crippen LogP contribution is 2.23. The van der Waals surface area contributed by atoms with Crippen LogP contribution in [0.5, 0.6) is 0 Å². The molecule has 1 N–H and O–H groups in total. The molecule has 0 radical (unpaired) electrons. The quantitative estimate of drug-likeness (QED) is 0.735. The van der Waals surface area contributed by atoms with Gasteiger partial charge in [-0.1, -0.05) is 18.2 Å². The third-order valence-electron chi connectivity index (χ3n) is 2.79. The lowest BCUT2D eigenvalue weighted by atomic mass is 10.1. The Kier molecular flexibility index (Phi) is 5.55. The highest BCUT2D eigenvalue weighted by atomic mass is 79.9. The molecule has 0 aliphatic rings. The minimum Gasteiger partial charge on any atom is -0.312 e. The number of halogens is 3. The van der Waals surface area contributed by atoms with Crippen molar-refractivity contribution in [1.29, 1.82) is 0 Å². The van der Waals surface area contributed by atoms with Crippen molar-refractivity contribution in [3.8, 4) is 0 Å². The van der Waals surface area contributed by atoms with E-state index in [1.807, 2.05) is 12.1 Å². The molecule has 0 saturated carbocycles. The molecule has 0 bridgehead atoms. The second-order valence-electron chi connectivity index (χ2n) is 4.31. The Balaban J connectivity index is 1.79. The van der Waals surface area contributed by atoms with Gasteiger partial charge in [0.2, 0.25) is 0 Å². The number of nitrogens with one attached hydrogen (secondary N) is 1. The summed E-state index contributed by atoms with van der Waals surface area (Å²) in [6.07, 6.45) is 0.829. The number of rotatable bonds is 5. The van der Waals surface area contributed by atoms with Crippen LogP contribution in [0.3, 0.4) is 0 Å². The van der Waals surface area contributed by atoms with E-state index in [2.05, 4.69) is 49.3 Å². The predicted molar refractivity (Wildman–Crippen MR) is 83.7 cm³/mol. The van der Waals surface area contributed by atoms with Crippen LogP contribution < -0.4 is 5.32 Å². The molecule has 0 heterocycles. The summed E-state index contributed by atoms with van der Waals surface area (Å²) in [5.74, 6) is -0.172. The monoisotopic (exact) mass is 385 g/mol. The fourth-order valence-electron chi connectivity index (χ4n) is 1.81. The van der Waals surface area contributed by atoms with Crippen molar-refractivity contribution in [2.24, 2.45) is 0 Å². The number of hydrogen-bond acceptors (Lipinski definition) is 1. The Morgan fingerprint density at radius 2 is 1.79 bits per heavy atom. The van der Waals surface area contributed by atoms with Crippen molar-refractivity contribution in [3.63, 3.8) is 0 Å². The number of benzene rings is 2. The average Bonchev–Trinajstić information content (AvgIpc) is 2.39. The Morgan fingerprint density at radius 1 is 0.947 bits per heavy atom. The average molecular weight is 387 g/mol. The molecule has 0 fully saturated rings. The van der Waals surface area contributed by atoms with E-state index in [-0.39, 0.29) is 5.82 Å². The minimum atomic E-state index is -0.172. The summed E-state index contributed by atoms with van der Waals surface area (Å²) in [7, 11) is 0. The van der Waals surface area contributed by atoms with Gasteiger partial charge in [0.1, 0.15) is 5.82 Å². The van der Waals surface area contributed by atoms with Crippen LogP contribution in [0.15, 0.2) is 51.4 Å². The molecule has 19 heavy (non-hydrogen) atoms. The lowest BCUT2D eigenvalue weighted by Crippen LogP contribution is -2.16. The third-order valence-corrected chi connectivity index (χ3v) is 4.67. The van der Waals surface area contributed by atoms with Crippen LogP contribution in [0.4, 0.5) is 4.39 Å². The van der Waals surface area contributed by atoms with E-state index in [4.69, 9.17) is 0 Å². The maximum atomic E-state index is 13.0. The van der Waals surface area contributed by atoms with Gasteiger partial charge in [-0.15, -0.1) is 0 Å². The Morgan fingerprint density at radius 3 is 2.53 bits per heavy atom. The summed E-state index contributed by atoms with van der Waals surface area (Å²) in [6.45, 7) is 1.64. The first-order valence-electron chi connectivity index (χ1n) is 6.04. The van der Waals surface area contributed by atoms with E-state index in [0.717, 1.165) is 34.0 Å². The predicted octanol–water partition coefficient (Wildman–Crippen LogP) is 4.68. The molecular weight excluding hydrogens is 373 g/mol. The largest absolute Gasteiger partial charge is 0.312 e. The molecule has 0 spiro atoms. The van der Waals surface area contributed by atoms with Gasteiger partial charge in [-0.05, 0) is 80.2 Å². The second-order valence-corrected chi connectivity index (χ2v) is 6.01. The zero-order valence-corrected chi connectivity index (χ0v) is 13.5. The standard InChI is InChI=1S/C15H14Br2FN/c16-14-5-4-12(9-15(14)17)10-19-7-6-11-2-1-3-13(18)8-11/h1-5,8-9,19H,6-7,10H2. The molecule has 0 atom stereocenters. The van der Waals surface area contributed by atoms with Crippen LogP contribution >= 0.6 is 31.9 Å². The fourth-order valence-corrected chi connectivity index (χ4v) is 2.48. The summed E-state index contributed by atoms with van der Waals surface area (Å²) >= 11 is 6.93. The molecular formula is C15H14Br2FN. The zero-order chi connectivity index (χ0) is 13.7. The van der Waals surface area contributed by atoms with Gasteiger partial charge in [-0.2, -0.15) is 0 Å². The Bertz CT molecular complexity index is 558. The van der Waals surface area contributed by atoms with Gasteiger partial charge in [0, 0.05) is 15.5 Å². The first-order valence-corrected chi connectivity index (χ1v) is 7.63. The van der Waals surface area contributed by atoms with Crippen molar-refractivity contribution in [2.75, 3.05) is 6.54 Å². The van der Waals surface area contributed by atoms with Gasteiger partial charge in [0.05, 0.1) is 0 Å². The van der Waals surface area contributed by atoms with Gasteiger partial charge in [-0.3, -0.25) is 0 Å². The molecule has 2 aromatic carbocycles. The topological polar surface area (TPSA) is 12.0 Å². The van der Waals surface area contributed by atoms with Crippen molar-refractivity contribution < 1.29 is 4.39 Å². The second kappa shape index (κ2) is 7.17. The maximum absolute atomic E-state index is 13.0. The molecule has 4 heteroatoms. The summed E-state index contributed by atoms with van der Waals surface area (Å²) < 4.78 is 15.1. The molecule has 100 valence electrons. The molecule has 1 nitrogen and oxygen atoms in total. The molecule has 0 aliphatic heterocycles. The SMILES string of the molecule is Fc1cccc(CCNCc2ccc(Br)c(Br)c2)c1. The highest BCUT2D eigenvalue weighted by Gasteiger charge is 1.99. The fraction of sp³-hybridized carbons (Fsp3) is 0.200. The lowest BCUT2D eigenvalue weighted by molar-refractivity contribution is 0.622. The van der Waals surface area contributed by atoms with Gasteiger partial charge >= 0.3 is 0 Å². The Labute approximate surface area is 129 Å². The molecule has 0 saturated heterocycles. The van der Waals surface area contributed by atoms with E-state index < -0.39 is 0 Å². The van der Waals surface area contributed by atoms with Crippen molar-refractivity contribution in [1.82, 2.24) is 5.32 Å². The van der Waals surface area contributed by atoms with Gasteiger partial charge < -0.3 is 5.32 Å². The molecule has 0 aliphatic carbocycles. The smallest absolute Gasteiger partial charge is 0.123 e. The van der Waals surface area contributed by atoms with Crippen LogP contribution in [0.25, 0.3) is 0 Å². The molecule has 0 unspecified atom stereocenters. The normalized spacial score (nSPS) is 10.7. The molecule has 0 amide bonds. The van der Waals surface area contributed by atoms with Crippen LogP contribution in [0, 0.1) is 5.82 Å². The van der Waals surface area contributed by atoms with E-state index in [0.29, 0.717) is 0 Å². The van der Waals surface area contributed by atoms with Crippen LogP contribution in [-0.2, 0) is 13.0 Å². The van der Waals surface area contributed by atoms with E-state index >= 15 is 0 Å². The van der Waals surface area contributed by atoms with Gasteiger partial charge in [0.15, 0.2) is 0 Å². The first kappa shape index (κ1) is 14.7. The van der Waals surface area contributed by atoms with E-state index in [1.54, 1.807) is 12.1 Å². The van der Waals surface area contributed by atoms with Crippen molar-refractivity contribution >= 4 is 31.9 Å². The summed E-state index contributed by atoms with van der Waals surface area (Å²) in [5, 5.41) is 3.36. The van der Waals surface area contributed by atoms with Crippen molar-refractivity contribution in [3.05, 3.63) is 68.4 Å². The highest BCUT2D eigenvalue weighted by molar-refractivity contribution is 9.13. The summed E-state index contributed by atoms with van der Waals surface area (Å²) in [5.41, 5.74) is 2.24. The van der Waals surface area contributed by atoms with Crippen LogP contribution in [0.2, 0.25) is 0 Å². The van der Waals surface area contributed by atoms with Crippen LogP contribution in [-0.4, -0.2) is 6.54 Å². The van der Waals surface area contributed by atoms with Gasteiger partial charge in [-0.25, -0.2) is 4.39 Å². The molecule has 2 aromatic rings. The van der Waals surface area contributed by atoms with Crippen molar-refractivity contribution in [2.45, 2.75) is 13.0 Å². The summed E-state index contributed by atoms with van der Waals surface area (Å²) in [4.78, 5) is 0. The Hall–Kier alpha value is -0.710. The lowest BCUT2D eigenvalue weighted by Gasteiger charge is -2.06. The molecule has 2 rings (SSSR count). The van der Waals surface area contributed by atoms with Gasteiger partial charge in [0.25, 0.3) is 0 Å². The van der Waals surface area contributed by atoms with E-state index in [9.17, 15) is 4.39 Å². The first-order chi connectivity index (χ1) is 9.15. The van der Waals surface area contributed by atoms with Crippen LogP contribution in [0.1, 0.15) is 11.1 Å². The molecule has 0 aromatic heterocycles.